The molecule has 3 aromatic carbocycles. The molecule has 0 unspecified atom stereocenters. The topological polar surface area (TPSA) is 90.7 Å². The number of fused-ring (bicyclic) bond motifs is 1. The molecule has 0 radical (unpaired) electrons. The van der Waals surface area contributed by atoms with Crippen molar-refractivity contribution < 1.29 is 23.6 Å². The molecule has 1 aromatic heterocycles. The number of benzene rings is 3. The predicted octanol–water partition coefficient (Wildman–Crippen LogP) is 6.70. The number of amides is 1. The van der Waals surface area contributed by atoms with Crippen LogP contribution in [-0.4, -0.2) is 24.3 Å². The molecule has 38 heavy (non-hydrogen) atoms. The van der Waals surface area contributed by atoms with Crippen LogP contribution in [0.3, 0.4) is 0 Å². The van der Waals surface area contributed by atoms with Crippen molar-refractivity contribution in [1.82, 2.24) is 5.16 Å². The molecule has 0 aliphatic heterocycles. The lowest BCUT2D eigenvalue weighted by molar-refractivity contribution is -0.143. The molecule has 1 N–H and O–H groups in total. The summed E-state index contributed by atoms with van der Waals surface area (Å²) in [5.41, 5.74) is 2.74. The van der Waals surface area contributed by atoms with Crippen molar-refractivity contribution in [2.45, 2.75) is 38.2 Å². The van der Waals surface area contributed by atoms with Crippen molar-refractivity contribution in [3.05, 3.63) is 93.8 Å². The van der Waals surface area contributed by atoms with Gasteiger partial charge in [0, 0.05) is 16.1 Å². The summed E-state index contributed by atoms with van der Waals surface area (Å²) in [7, 11) is 1.43. The van der Waals surface area contributed by atoms with Gasteiger partial charge in [-0.2, -0.15) is 0 Å². The Bertz CT molecular complexity index is 1610. The summed E-state index contributed by atoms with van der Waals surface area (Å²) in [6.07, 6.45) is 0.370. The lowest BCUT2D eigenvalue weighted by Gasteiger charge is -2.15. The molecular weight excluding hydrogens is 504 g/mol. The largest absolute Gasteiger partial charge is 0.468 e. The average Bonchev–Trinajstić information content (AvgIpc) is 3.66. The van der Waals surface area contributed by atoms with Crippen molar-refractivity contribution >= 4 is 40.1 Å². The zero-order valence-corrected chi connectivity index (χ0v) is 21.9. The van der Waals surface area contributed by atoms with Gasteiger partial charge in [0.05, 0.1) is 12.5 Å². The molecule has 1 aliphatic rings. The quantitative estimate of drug-likeness (QED) is 0.229. The molecule has 1 saturated carbocycles. The van der Waals surface area contributed by atoms with E-state index in [0.717, 1.165) is 34.7 Å². The van der Waals surface area contributed by atoms with Crippen LogP contribution in [0, 0.1) is 18.8 Å². The number of carbonyl (C=O) groups excluding carboxylic acids is 2. The smallest absolute Gasteiger partial charge is 0.412 e. The highest BCUT2D eigenvalue weighted by Crippen LogP contribution is 2.49. The third-order valence-electron chi connectivity index (χ3n) is 6.76. The van der Waals surface area contributed by atoms with E-state index >= 15 is 0 Å². The number of rotatable bonds is 5. The number of esters is 1. The Balaban J connectivity index is 1.32. The van der Waals surface area contributed by atoms with Gasteiger partial charge in [-0.05, 0) is 67.1 Å². The van der Waals surface area contributed by atoms with Crippen LogP contribution in [0.5, 0.6) is 0 Å². The van der Waals surface area contributed by atoms with Gasteiger partial charge in [0.1, 0.15) is 17.5 Å². The normalized spacial score (nSPS) is 14.2. The molecule has 0 bridgehead atoms. The number of anilines is 1. The molecule has 5 rings (SSSR count). The van der Waals surface area contributed by atoms with Gasteiger partial charge in [-0.25, -0.2) is 4.79 Å². The highest BCUT2D eigenvalue weighted by Gasteiger charge is 2.52. The maximum atomic E-state index is 12.6. The molecule has 1 amide bonds. The Hall–Kier alpha value is -4.28. The zero-order chi connectivity index (χ0) is 26.9. The third kappa shape index (κ3) is 4.96. The number of nitrogens with zero attached hydrogens (tertiary/aromatic N) is 1. The molecule has 0 spiro atoms. The van der Waals surface area contributed by atoms with Crippen LogP contribution < -0.4 is 5.32 Å². The number of aryl methyl sites for hydroxylation is 1. The highest BCUT2D eigenvalue weighted by atomic mass is 35.5. The van der Waals surface area contributed by atoms with E-state index in [2.05, 4.69) is 22.3 Å². The van der Waals surface area contributed by atoms with Gasteiger partial charge in [-0.3, -0.25) is 10.1 Å². The summed E-state index contributed by atoms with van der Waals surface area (Å²) in [4.78, 5) is 24.8. The van der Waals surface area contributed by atoms with E-state index in [4.69, 9.17) is 25.6 Å². The molecular formula is C30H25ClN2O5. The Labute approximate surface area is 225 Å². The average molecular weight is 529 g/mol. The van der Waals surface area contributed by atoms with Gasteiger partial charge < -0.3 is 14.0 Å². The van der Waals surface area contributed by atoms with Crippen LogP contribution in [0.1, 0.15) is 54.0 Å². The van der Waals surface area contributed by atoms with E-state index in [9.17, 15) is 9.59 Å². The Kier molecular flexibility index (Phi) is 6.83. The molecule has 1 aliphatic carbocycles. The van der Waals surface area contributed by atoms with Crippen LogP contribution in [-0.2, 0) is 19.7 Å². The maximum absolute atomic E-state index is 12.6. The van der Waals surface area contributed by atoms with E-state index in [1.807, 2.05) is 48.5 Å². The summed E-state index contributed by atoms with van der Waals surface area (Å²) in [5, 5.41) is 9.14. The standard InChI is InChI=1S/C30H25ClN2O5/c1-18-27(32-29(35)37-19(2)24-6-4-5-7-25(24)31)26(38-33-18)13-9-20-8-10-22-17-23(12-11-21(22)16-20)30(14-15-30)28(34)36-3/h4-8,10-12,16-17,19H,14-15H2,1-3H3,(H,32,35)/t19-/m1/s1. The van der Waals surface area contributed by atoms with Crippen LogP contribution in [0.2, 0.25) is 5.02 Å². The number of hydrogen-bond donors (Lipinski definition) is 1. The summed E-state index contributed by atoms with van der Waals surface area (Å²) in [6.45, 7) is 3.45. The fourth-order valence-corrected chi connectivity index (χ4v) is 4.73. The molecule has 7 nitrogen and oxygen atoms in total. The Morgan fingerprint density at radius 1 is 1.08 bits per heavy atom. The first kappa shape index (κ1) is 25.4. The molecule has 1 heterocycles. The minimum absolute atomic E-state index is 0.187. The van der Waals surface area contributed by atoms with Crippen LogP contribution >= 0.6 is 11.6 Å². The number of halogens is 1. The predicted molar refractivity (Wildman–Crippen MR) is 144 cm³/mol. The van der Waals surface area contributed by atoms with Crippen molar-refractivity contribution in [1.29, 1.82) is 0 Å². The Morgan fingerprint density at radius 3 is 2.55 bits per heavy atom. The number of methoxy groups -OCH3 is 1. The van der Waals surface area contributed by atoms with Crippen molar-refractivity contribution in [2.24, 2.45) is 0 Å². The second-order valence-electron chi connectivity index (χ2n) is 9.27. The fourth-order valence-electron chi connectivity index (χ4n) is 4.44. The molecule has 1 atom stereocenters. The van der Waals surface area contributed by atoms with Gasteiger partial charge in [-0.1, -0.05) is 65.1 Å². The van der Waals surface area contributed by atoms with Crippen molar-refractivity contribution in [3.63, 3.8) is 0 Å². The van der Waals surface area contributed by atoms with E-state index < -0.39 is 17.6 Å². The number of carbonyl (C=O) groups is 2. The summed E-state index contributed by atoms with van der Waals surface area (Å²) < 4.78 is 15.8. The second-order valence-corrected chi connectivity index (χ2v) is 9.67. The summed E-state index contributed by atoms with van der Waals surface area (Å²) in [5.74, 6) is 6.05. The van der Waals surface area contributed by atoms with Gasteiger partial charge in [0.15, 0.2) is 0 Å². The van der Waals surface area contributed by atoms with E-state index in [1.54, 1.807) is 26.0 Å². The number of hydrogen-bond acceptors (Lipinski definition) is 6. The van der Waals surface area contributed by atoms with E-state index in [-0.39, 0.29) is 11.7 Å². The first-order chi connectivity index (χ1) is 18.3. The minimum atomic E-state index is -0.673. The van der Waals surface area contributed by atoms with Crippen LogP contribution in [0.25, 0.3) is 10.8 Å². The molecule has 1 fully saturated rings. The molecule has 4 aromatic rings. The van der Waals surface area contributed by atoms with E-state index in [1.165, 1.54) is 7.11 Å². The lowest BCUT2D eigenvalue weighted by atomic mass is 9.93. The number of aromatic nitrogens is 1. The van der Waals surface area contributed by atoms with Gasteiger partial charge in [-0.15, -0.1) is 0 Å². The van der Waals surface area contributed by atoms with Crippen molar-refractivity contribution in [2.75, 3.05) is 12.4 Å². The minimum Gasteiger partial charge on any atom is -0.468 e. The fraction of sp³-hybridized carbons (Fsp3) is 0.233. The SMILES string of the molecule is COC(=O)C1(c2ccc3cc(C#Cc4onc(C)c4NC(=O)O[C@H](C)c4ccccc4Cl)ccc3c2)CC1. The molecule has 0 saturated heterocycles. The zero-order valence-electron chi connectivity index (χ0n) is 21.1. The van der Waals surface area contributed by atoms with Crippen LogP contribution in [0.15, 0.2) is 65.2 Å². The van der Waals surface area contributed by atoms with Crippen molar-refractivity contribution in [3.8, 4) is 11.8 Å². The first-order valence-corrected chi connectivity index (χ1v) is 12.5. The lowest BCUT2D eigenvalue weighted by Crippen LogP contribution is -2.21. The maximum Gasteiger partial charge on any atom is 0.412 e. The number of ether oxygens (including phenoxy) is 2. The highest BCUT2D eigenvalue weighted by molar-refractivity contribution is 6.31. The molecule has 192 valence electrons. The molecule has 8 heteroatoms. The Morgan fingerprint density at radius 2 is 1.82 bits per heavy atom. The monoisotopic (exact) mass is 528 g/mol. The van der Waals surface area contributed by atoms with Gasteiger partial charge in [0.2, 0.25) is 5.76 Å². The second kappa shape index (κ2) is 10.2. The van der Waals surface area contributed by atoms with E-state index in [0.29, 0.717) is 22.0 Å². The third-order valence-corrected chi connectivity index (χ3v) is 7.10. The summed E-state index contributed by atoms with van der Waals surface area (Å²) in [6, 6.07) is 19.0. The summed E-state index contributed by atoms with van der Waals surface area (Å²) >= 11 is 6.21. The number of nitrogens with one attached hydrogen (secondary N) is 1. The first-order valence-electron chi connectivity index (χ1n) is 12.1. The van der Waals surface area contributed by atoms with Gasteiger partial charge in [0.25, 0.3) is 0 Å². The van der Waals surface area contributed by atoms with Crippen LogP contribution in [0.4, 0.5) is 10.5 Å². The van der Waals surface area contributed by atoms with Gasteiger partial charge >= 0.3 is 12.1 Å².